The monoisotopic (exact) mass is 454 g/mol. The highest BCUT2D eigenvalue weighted by Crippen LogP contribution is 2.24. The van der Waals surface area contributed by atoms with Crippen LogP contribution in [-0.4, -0.2) is 55.9 Å². The predicted octanol–water partition coefficient (Wildman–Crippen LogP) is 3.78. The van der Waals surface area contributed by atoms with Gasteiger partial charge in [-0.15, -0.1) is 0 Å². The maximum atomic E-state index is 12.4. The summed E-state index contributed by atoms with van der Waals surface area (Å²) >= 11 is 11.8. The molecule has 3 rings (SSSR count). The molecule has 1 aromatic carbocycles. The van der Waals surface area contributed by atoms with Gasteiger partial charge in [-0.2, -0.15) is 0 Å². The number of hydrogen-bond donors (Lipinski definition) is 1. The first-order valence-electron chi connectivity index (χ1n) is 9.11. The molecule has 9 nitrogen and oxygen atoms in total. The van der Waals surface area contributed by atoms with Gasteiger partial charge in [0.05, 0.1) is 6.54 Å². The highest BCUT2D eigenvalue weighted by molar-refractivity contribution is 6.30. The van der Waals surface area contributed by atoms with Crippen molar-refractivity contribution in [2.45, 2.75) is 25.5 Å². The molecule has 1 aliphatic rings. The molecule has 0 aliphatic carbocycles. The van der Waals surface area contributed by atoms with Crippen molar-refractivity contribution in [2.24, 2.45) is 0 Å². The van der Waals surface area contributed by atoms with E-state index in [0.717, 1.165) is 17.3 Å². The highest BCUT2D eigenvalue weighted by Gasteiger charge is 2.29. The van der Waals surface area contributed by atoms with Crippen molar-refractivity contribution in [1.29, 1.82) is 0 Å². The quantitative estimate of drug-likeness (QED) is 0.525. The van der Waals surface area contributed by atoms with Crippen LogP contribution in [0.4, 0.5) is 10.6 Å². The van der Waals surface area contributed by atoms with Gasteiger partial charge >= 0.3 is 17.2 Å². The van der Waals surface area contributed by atoms with Crippen LogP contribution in [0, 0.1) is 10.1 Å². The zero-order valence-corrected chi connectivity index (χ0v) is 17.6. The second-order valence-corrected chi connectivity index (χ2v) is 8.01. The summed E-state index contributed by atoms with van der Waals surface area (Å²) in [6.45, 7) is 1.88. The average molecular weight is 455 g/mol. The molecule has 0 fully saturated rings. The summed E-state index contributed by atoms with van der Waals surface area (Å²) in [4.78, 5) is 27.6. The maximum Gasteiger partial charge on any atom is 0.410 e. The molecule has 1 unspecified atom stereocenters. The van der Waals surface area contributed by atoms with Gasteiger partial charge < -0.3 is 24.9 Å². The molecule has 11 heteroatoms. The Labute approximate surface area is 182 Å². The molecular weight excluding hydrogens is 435 g/mol. The van der Waals surface area contributed by atoms with Gasteiger partial charge in [-0.25, -0.2) is 4.79 Å². The number of amides is 1. The van der Waals surface area contributed by atoms with Gasteiger partial charge in [0, 0.05) is 18.1 Å². The van der Waals surface area contributed by atoms with Crippen LogP contribution in [0.5, 0.6) is 0 Å². The van der Waals surface area contributed by atoms with Crippen LogP contribution < -0.4 is 0 Å². The van der Waals surface area contributed by atoms with Crippen LogP contribution in [0.1, 0.15) is 18.9 Å². The molecule has 0 saturated heterocycles. The Morgan fingerprint density at radius 1 is 1.37 bits per heavy atom. The van der Waals surface area contributed by atoms with E-state index in [1.54, 1.807) is 0 Å². The van der Waals surface area contributed by atoms with E-state index < -0.39 is 22.4 Å². The molecule has 2 aromatic rings. The van der Waals surface area contributed by atoms with Crippen LogP contribution in [0.15, 0.2) is 36.5 Å². The van der Waals surface area contributed by atoms with Crippen LogP contribution in [-0.2, 0) is 11.3 Å². The Kier molecular flexibility index (Phi) is 6.64. The molecule has 1 N–H and O–H groups in total. The summed E-state index contributed by atoms with van der Waals surface area (Å²) in [6, 6.07) is 7.51. The number of rotatable bonds is 6. The Hall–Kier alpha value is -2.62. The summed E-state index contributed by atoms with van der Waals surface area (Å²) in [5, 5.41) is 21.8. The fourth-order valence-electron chi connectivity index (χ4n) is 3.06. The first kappa shape index (κ1) is 22.1. The van der Waals surface area contributed by atoms with Crippen molar-refractivity contribution in [3.8, 4) is 0 Å². The standard InChI is InChI=1S/C19H20Cl2N4O5/c1-19(27,11-24-10-16(25(28)29)22-17(24)21)12-30-18(26)23-8-6-14(7-9-23)13-2-4-15(20)5-3-13/h2-6,10,27H,7-9,11-12H2,1H3. The van der Waals surface area contributed by atoms with Gasteiger partial charge in [0.1, 0.15) is 18.4 Å². The van der Waals surface area contributed by atoms with Crippen molar-refractivity contribution < 1.29 is 19.6 Å². The summed E-state index contributed by atoms with van der Waals surface area (Å²) in [7, 11) is 0. The normalized spacial score (nSPS) is 16.0. The zero-order valence-electron chi connectivity index (χ0n) is 16.1. The lowest BCUT2D eigenvalue weighted by Gasteiger charge is -2.28. The molecule has 0 bridgehead atoms. The van der Waals surface area contributed by atoms with Gasteiger partial charge in [-0.05, 0) is 58.1 Å². The topological polar surface area (TPSA) is 111 Å². The number of halogens is 2. The fraction of sp³-hybridized carbons (Fsp3) is 0.368. The number of carbonyl (C=O) groups is 1. The number of aliphatic hydroxyl groups is 1. The molecule has 1 atom stereocenters. The van der Waals surface area contributed by atoms with Crippen molar-refractivity contribution in [2.75, 3.05) is 19.7 Å². The lowest BCUT2D eigenvalue weighted by molar-refractivity contribution is -0.389. The summed E-state index contributed by atoms with van der Waals surface area (Å²) in [5.74, 6) is -0.426. The van der Waals surface area contributed by atoms with Gasteiger partial charge in [0.15, 0.2) is 0 Å². The van der Waals surface area contributed by atoms with E-state index in [4.69, 9.17) is 27.9 Å². The Morgan fingerprint density at radius 3 is 2.63 bits per heavy atom. The van der Waals surface area contributed by atoms with E-state index in [1.165, 1.54) is 16.4 Å². The number of nitro groups is 1. The van der Waals surface area contributed by atoms with E-state index in [0.29, 0.717) is 24.5 Å². The number of aromatic nitrogens is 2. The molecule has 1 aliphatic heterocycles. The van der Waals surface area contributed by atoms with Gasteiger partial charge in [0.2, 0.25) is 0 Å². The number of carbonyl (C=O) groups excluding carboxylic acids is 1. The second-order valence-electron chi connectivity index (χ2n) is 7.24. The summed E-state index contributed by atoms with van der Waals surface area (Å²) in [5.41, 5.74) is 0.689. The van der Waals surface area contributed by atoms with E-state index >= 15 is 0 Å². The van der Waals surface area contributed by atoms with E-state index in [1.807, 2.05) is 30.3 Å². The molecular formula is C19H20Cl2N4O5. The van der Waals surface area contributed by atoms with Crippen LogP contribution in [0.25, 0.3) is 5.57 Å². The maximum absolute atomic E-state index is 12.4. The summed E-state index contributed by atoms with van der Waals surface area (Å²) < 4.78 is 6.48. The number of imidazole rings is 1. The van der Waals surface area contributed by atoms with E-state index in [9.17, 15) is 20.0 Å². The molecule has 0 spiro atoms. The third kappa shape index (κ3) is 5.50. The third-order valence-electron chi connectivity index (χ3n) is 4.60. The number of benzene rings is 1. The Morgan fingerprint density at radius 2 is 2.07 bits per heavy atom. The zero-order chi connectivity index (χ0) is 21.9. The minimum absolute atomic E-state index is 0.124. The highest BCUT2D eigenvalue weighted by atomic mass is 35.5. The number of hydrogen-bond acceptors (Lipinski definition) is 6. The first-order valence-corrected chi connectivity index (χ1v) is 9.86. The molecule has 160 valence electrons. The second kappa shape index (κ2) is 9.03. The number of nitrogens with zero attached hydrogens (tertiary/aromatic N) is 4. The molecule has 0 saturated carbocycles. The van der Waals surface area contributed by atoms with Crippen molar-refractivity contribution in [1.82, 2.24) is 14.5 Å². The third-order valence-corrected chi connectivity index (χ3v) is 5.16. The minimum atomic E-state index is -1.49. The largest absolute Gasteiger partial charge is 0.446 e. The lowest BCUT2D eigenvalue weighted by atomic mass is 10.00. The smallest absolute Gasteiger partial charge is 0.410 e. The molecule has 2 heterocycles. The van der Waals surface area contributed by atoms with Crippen molar-refractivity contribution >= 4 is 40.7 Å². The summed E-state index contributed by atoms with van der Waals surface area (Å²) in [6.07, 6.45) is 3.19. The SMILES string of the molecule is CC(O)(COC(=O)N1CC=C(c2ccc(Cl)cc2)CC1)Cn1cc([N+](=O)[O-])nc1Cl. The van der Waals surface area contributed by atoms with Crippen molar-refractivity contribution in [3.05, 3.63) is 62.5 Å². The number of ether oxygens (including phenoxy) is 1. The van der Waals surface area contributed by atoms with E-state index in [2.05, 4.69) is 4.98 Å². The lowest BCUT2D eigenvalue weighted by Crippen LogP contribution is -2.41. The Bertz CT molecular complexity index is 972. The first-order chi connectivity index (χ1) is 14.1. The predicted molar refractivity (Wildman–Crippen MR) is 111 cm³/mol. The van der Waals surface area contributed by atoms with E-state index in [-0.39, 0.29) is 18.4 Å². The van der Waals surface area contributed by atoms with Crippen LogP contribution in [0.3, 0.4) is 0 Å². The molecule has 0 radical (unpaired) electrons. The van der Waals surface area contributed by atoms with Gasteiger partial charge in [-0.3, -0.25) is 4.57 Å². The average Bonchev–Trinajstić information content (AvgIpc) is 3.07. The molecule has 1 aromatic heterocycles. The van der Waals surface area contributed by atoms with Gasteiger partial charge in [-0.1, -0.05) is 29.8 Å². The van der Waals surface area contributed by atoms with Crippen LogP contribution >= 0.6 is 23.2 Å². The Balaban J connectivity index is 1.53. The minimum Gasteiger partial charge on any atom is -0.446 e. The fourth-order valence-corrected chi connectivity index (χ4v) is 3.38. The van der Waals surface area contributed by atoms with Gasteiger partial charge in [0.25, 0.3) is 0 Å². The van der Waals surface area contributed by atoms with Crippen molar-refractivity contribution in [3.63, 3.8) is 0 Å². The molecule has 30 heavy (non-hydrogen) atoms. The molecule has 1 amide bonds. The van der Waals surface area contributed by atoms with Crippen LogP contribution in [0.2, 0.25) is 10.3 Å².